The van der Waals surface area contributed by atoms with Gasteiger partial charge in [-0.25, -0.2) is 4.39 Å². The maximum Gasteiger partial charge on any atom is 0.258 e. The van der Waals surface area contributed by atoms with Crippen LogP contribution < -0.4 is 10.1 Å². The molecule has 0 aliphatic carbocycles. The largest absolute Gasteiger partial charge is 0.482 e. The Morgan fingerprint density at radius 1 is 1.62 bits per heavy atom. The quantitative estimate of drug-likeness (QED) is 0.844. The molecule has 0 saturated carbocycles. The molecule has 0 aliphatic rings. The molecule has 0 fully saturated rings. The fourth-order valence-electron chi connectivity index (χ4n) is 0.968. The van der Waals surface area contributed by atoms with Crippen molar-refractivity contribution in [3.63, 3.8) is 0 Å². The minimum atomic E-state index is -0.412. The van der Waals surface area contributed by atoms with Gasteiger partial charge in [-0.3, -0.25) is 4.79 Å². The SMILES string of the molecule is C=CCNC(=O)COc1cc(F)ccc1Br. The Kier molecular flexibility index (Phi) is 4.98. The van der Waals surface area contributed by atoms with Crippen molar-refractivity contribution in [2.45, 2.75) is 0 Å². The van der Waals surface area contributed by atoms with Crippen LogP contribution in [0.2, 0.25) is 0 Å². The zero-order valence-electron chi connectivity index (χ0n) is 8.50. The van der Waals surface area contributed by atoms with Crippen molar-refractivity contribution in [3.05, 3.63) is 41.1 Å². The Hall–Kier alpha value is -1.36. The average Bonchev–Trinajstić information content (AvgIpc) is 2.27. The molecule has 0 spiro atoms. The van der Waals surface area contributed by atoms with Crippen molar-refractivity contribution < 1.29 is 13.9 Å². The summed E-state index contributed by atoms with van der Waals surface area (Å²) in [6.07, 6.45) is 1.57. The van der Waals surface area contributed by atoms with Gasteiger partial charge >= 0.3 is 0 Å². The summed E-state index contributed by atoms with van der Waals surface area (Å²) in [4.78, 5) is 11.2. The number of amides is 1. The van der Waals surface area contributed by atoms with E-state index in [-0.39, 0.29) is 12.5 Å². The third kappa shape index (κ3) is 4.02. The maximum atomic E-state index is 12.9. The Balaban J connectivity index is 2.50. The van der Waals surface area contributed by atoms with E-state index in [4.69, 9.17) is 4.74 Å². The molecule has 0 bridgehead atoms. The van der Waals surface area contributed by atoms with Crippen molar-refractivity contribution in [2.24, 2.45) is 0 Å². The summed E-state index contributed by atoms with van der Waals surface area (Å²) in [5.41, 5.74) is 0. The second-order valence-electron chi connectivity index (χ2n) is 2.96. The van der Waals surface area contributed by atoms with E-state index in [0.717, 1.165) is 0 Å². The molecule has 86 valence electrons. The molecule has 0 aromatic heterocycles. The van der Waals surface area contributed by atoms with E-state index in [2.05, 4.69) is 27.8 Å². The predicted molar refractivity (Wildman–Crippen MR) is 62.8 cm³/mol. The molecule has 0 unspecified atom stereocenters. The lowest BCUT2D eigenvalue weighted by Crippen LogP contribution is -2.28. The highest BCUT2D eigenvalue weighted by atomic mass is 79.9. The van der Waals surface area contributed by atoms with Gasteiger partial charge in [0.05, 0.1) is 4.47 Å². The van der Waals surface area contributed by atoms with Crippen LogP contribution in [0.4, 0.5) is 4.39 Å². The van der Waals surface area contributed by atoms with Crippen molar-refractivity contribution in [1.29, 1.82) is 0 Å². The first kappa shape index (κ1) is 12.7. The first-order valence-electron chi connectivity index (χ1n) is 4.59. The van der Waals surface area contributed by atoms with E-state index < -0.39 is 5.82 Å². The molecular formula is C11H11BrFNO2. The van der Waals surface area contributed by atoms with Gasteiger partial charge in [-0.05, 0) is 28.1 Å². The van der Waals surface area contributed by atoms with E-state index in [0.29, 0.717) is 16.8 Å². The number of carbonyl (C=O) groups is 1. The topological polar surface area (TPSA) is 38.3 Å². The smallest absolute Gasteiger partial charge is 0.258 e. The van der Waals surface area contributed by atoms with Crippen LogP contribution in [-0.4, -0.2) is 19.1 Å². The summed E-state index contributed by atoms with van der Waals surface area (Å²) in [5, 5.41) is 2.55. The summed E-state index contributed by atoms with van der Waals surface area (Å²) in [6.45, 7) is 3.69. The number of carbonyl (C=O) groups excluding carboxylic acids is 1. The van der Waals surface area contributed by atoms with Gasteiger partial charge in [0, 0.05) is 12.6 Å². The number of hydrogen-bond acceptors (Lipinski definition) is 2. The van der Waals surface area contributed by atoms with Crippen LogP contribution in [0.3, 0.4) is 0 Å². The van der Waals surface area contributed by atoms with Crippen molar-refractivity contribution in [1.82, 2.24) is 5.32 Å². The Labute approximate surface area is 101 Å². The van der Waals surface area contributed by atoms with Crippen LogP contribution >= 0.6 is 15.9 Å². The maximum absolute atomic E-state index is 12.9. The average molecular weight is 288 g/mol. The molecular weight excluding hydrogens is 277 g/mol. The van der Waals surface area contributed by atoms with Crippen LogP contribution in [-0.2, 0) is 4.79 Å². The molecule has 1 aromatic carbocycles. The molecule has 0 heterocycles. The summed E-state index contributed by atoms with van der Waals surface area (Å²) in [6, 6.07) is 4.03. The Morgan fingerprint density at radius 3 is 3.06 bits per heavy atom. The number of ether oxygens (including phenoxy) is 1. The Morgan fingerprint density at radius 2 is 2.38 bits per heavy atom. The Bertz CT molecular complexity index is 396. The van der Waals surface area contributed by atoms with Gasteiger partial charge < -0.3 is 10.1 Å². The number of hydrogen-bond donors (Lipinski definition) is 1. The molecule has 0 aliphatic heterocycles. The number of rotatable bonds is 5. The zero-order chi connectivity index (χ0) is 12.0. The molecule has 0 saturated heterocycles. The monoisotopic (exact) mass is 287 g/mol. The summed E-state index contributed by atoms with van der Waals surface area (Å²) in [5.74, 6) is -0.394. The highest BCUT2D eigenvalue weighted by molar-refractivity contribution is 9.10. The van der Waals surface area contributed by atoms with Crippen molar-refractivity contribution in [3.8, 4) is 5.75 Å². The fraction of sp³-hybridized carbons (Fsp3) is 0.182. The van der Waals surface area contributed by atoms with Crippen molar-refractivity contribution in [2.75, 3.05) is 13.2 Å². The normalized spacial score (nSPS) is 9.62. The second-order valence-corrected chi connectivity index (χ2v) is 3.81. The molecule has 16 heavy (non-hydrogen) atoms. The van der Waals surface area contributed by atoms with Gasteiger partial charge in [-0.15, -0.1) is 6.58 Å². The van der Waals surface area contributed by atoms with E-state index in [9.17, 15) is 9.18 Å². The lowest BCUT2D eigenvalue weighted by molar-refractivity contribution is -0.122. The van der Waals surface area contributed by atoms with Gasteiger partial charge in [-0.2, -0.15) is 0 Å². The van der Waals surface area contributed by atoms with Crippen LogP contribution in [0.5, 0.6) is 5.75 Å². The van der Waals surface area contributed by atoms with E-state index in [1.54, 1.807) is 6.08 Å². The lowest BCUT2D eigenvalue weighted by Gasteiger charge is -2.07. The zero-order valence-corrected chi connectivity index (χ0v) is 10.1. The first-order chi connectivity index (χ1) is 7.63. The van der Waals surface area contributed by atoms with Crippen LogP contribution in [0, 0.1) is 5.82 Å². The fourth-order valence-corrected chi connectivity index (χ4v) is 1.33. The van der Waals surface area contributed by atoms with Crippen LogP contribution in [0.1, 0.15) is 0 Å². The minimum Gasteiger partial charge on any atom is -0.482 e. The molecule has 1 aromatic rings. The molecule has 0 atom stereocenters. The molecule has 1 amide bonds. The van der Waals surface area contributed by atoms with E-state index in [1.165, 1.54) is 18.2 Å². The van der Waals surface area contributed by atoms with E-state index in [1.807, 2.05) is 0 Å². The summed E-state index contributed by atoms with van der Waals surface area (Å²) >= 11 is 3.19. The third-order valence-corrected chi connectivity index (χ3v) is 2.35. The highest BCUT2D eigenvalue weighted by Crippen LogP contribution is 2.25. The van der Waals surface area contributed by atoms with Crippen LogP contribution in [0.25, 0.3) is 0 Å². The molecule has 1 N–H and O–H groups in total. The molecule has 0 radical (unpaired) electrons. The number of benzene rings is 1. The van der Waals surface area contributed by atoms with Crippen LogP contribution in [0.15, 0.2) is 35.3 Å². The highest BCUT2D eigenvalue weighted by Gasteiger charge is 2.05. The third-order valence-electron chi connectivity index (χ3n) is 1.70. The second kappa shape index (κ2) is 6.27. The standard InChI is InChI=1S/C11H11BrFNO2/c1-2-5-14-11(15)7-16-10-6-8(13)3-4-9(10)12/h2-4,6H,1,5,7H2,(H,14,15). The minimum absolute atomic E-state index is 0.157. The van der Waals surface area contributed by atoms with E-state index >= 15 is 0 Å². The van der Waals surface area contributed by atoms with Gasteiger partial charge in [-0.1, -0.05) is 6.08 Å². The lowest BCUT2D eigenvalue weighted by atomic mass is 10.3. The number of nitrogens with one attached hydrogen (secondary N) is 1. The number of halogens is 2. The van der Waals surface area contributed by atoms with Crippen molar-refractivity contribution >= 4 is 21.8 Å². The first-order valence-corrected chi connectivity index (χ1v) is 5.38. The van der Waals surface area contributed by atoms with Gasteiger partial charge in [0.2, 0.25) is 0 Å². The predicted octanol–water partition coefficient (Wildman–Crippen LogP) is 2.27. The van der Waals surface area contributed by atoms with Gasteiger partial charge in [0.1, 0.15) is 11.6 Å². The molecule has 5 heteroatoms. The molecule has 1 rings (SSSR count). The summed E-state index contributed by atoms with van der Waals surface area (Å²) in [7, 11) is 0. The van der Waals surface area contributed by atoms with Gasteiger partial charge in [0.25, 0.3) is 5.91 Å². The molecule has 3 nitrogen and oxygen atoms in total. The van der Waals surface area contributed by atoms with Gasteiger partial charge in [0.15, 0.2) is 6.61 Å². The summed E-state index contributed by atoms with van der Waals surface area (Å²) < 4.78 is 18.6.